The Balaban J connectivity index is 1.85. The fourth-order valence-electron chi connectivity index (χ4n) is 2.84. The average Bonchev–Trinajstić information content (AvgIpc) is 2.41. The first-order valence-electron chi connectivity index (χ1n) is 7.31. The zero-order valence-corrected chi connectivity index (χ0v) is 11.5. The Kier molecular flexibility index (Phi) is 3.74. The molecule has 1 atom stereocenters. The Labute approximate surface area is 114 Å². The molecule has 3 heteroatoms. The van der Waals surface area contributed by atoms with Crippen molar-refractivity contribution in [3.63, 3.8) is 0 Å². The van der Waals surface area contributed by atoms with Crippen molar-refractivity contribution in [2.75, 3.05) is 6.54 Å². The van der Waals surface area contributed by atoms with E-state index in [9.17, 15) is 0 Å². The van der Waals surface area contributed by atoms with Gasteiger partial charge in [0.05, 0.1) is 11.0 Å². The lowest BCUT2D eigenvalue weighted by atomic mass is 9.79. The number of benzene rings is 1. The third kappa shape index (κ3) is 2.76. The average molecular weight is 255 g/mol. The number of hydrogen-bond donors (Lipinski definition) is 1. The SMILES string of the molecule is CCNC(CC1CCC1)c1ccc2nccnc2c1. The van der Waals surface area contributed by atoms with Gasteiger partial charge in [0, 0.05) is 18.4 Å². The van der Waals surface area contributed by atoms with Crippen molar-refractivity contribution in [2.45, 2.75) is 38.6 Å². The van der Waals surface area contributed by atoms with Gasteiger partial charge in [-0.1, -0.05) is 32.3 Å². The zero-order chi connectivity index (χ0) is 13.1. The minimum Gasteiger partial charge on any atom is -0.310 e. The summed E-state index contributed by atoms with van der Waals surface area (Å²) in [5.74, 6) is 0.904. The molecule has 0 radical (unpaired) electrons. The number of aromatic nitrogens is 2. The molecule has 1 aromatic heterocycles. The molecular weight excluding hydrogens is 234 g/mol. The van der Waals surface area contributed by atoms with Gasteiger partial charge in [0.15, 0.2) is 0 Å². The largest absolute Gasteiger partial charge is 0.310 e. The van der Waals surface area contributed by atoms with Gasteiger partial charge in [-0.25, -0.2) is 0 Å². The van der Waals surface area contributed by atoms with Gasteiger partial charge >= 0.3 is 0 Å². The minimum atomic E-state index is 0.460. The maximum absolute atomic E-state index is 4.41. The Morgan fingerprint density at radius 1 is 1.21 bits per heavy atom. The topological polar surface area (TPSA) is 37.8 Å². The van der Waals surface area contributed by atoms with Crippen LogP contribution >= 0.6 is 0 Å². The molecule has 1 saturated carbocycles. The first-order chi connectivity index (χ1) is 9.36. The lowest BCUT2D eigenvalue weighted by Gasteiger charge is -2.30. The Morgan fingerprint density at radius 2 is 2.00 bits per heavy atom. The number of fused-ring (bicyclic) bond motifs is 1. The maximum Gasteiger partial charge on any atom is 0.0890 e. The van der Waals surface area contributed by atoms with E-state index < -0.39 is 0 Å². The quantitative estimate of drug-likeness (QED) is 0.889. The Morgan fingerprint density at radius 3 is 2.68 bits per heavy atom. The highest BCUT2D eigenvalue weighted by molar-refractivity contribution is 5.74. The third-order valence-corrected chi connectivity index (χ3v) is 4.14. The molecule has 100 valence electrons. The van der Waals surface area contributed by atoms with Gasteiger partial charge in [0.1, 0.15) is 0 Å². The van der Waals surface area contributed by atoms with E-state index in [0.29, 0.717) is 6.04 Å². The van der Waals surface area contributed by atoms with Crippen molar-refractivity contribution >= 4 is 11.0 Å². The van der Waals surface area contributed by atoms with E-state index in [2.05, 4.69) is 40.4 Å². The molecule has 0 saturated heterocycles. The third-order valence-electron chi connectivity index (χ3n) is 4.14. The van der Waals surface area contributed by atoms with Gasteiger partial charge in [0.2, 0.25) is 0 Å². The highest BCUT2D eigenvalue weighted by atomic mass is 14.9. The predicted octanol–water partition coefficient (Wildman–Crippen LogP) is 3.47. The Bertz CT molecular complexity index is 548. The van der Waals surface area contributed by atoms with Gasteiger partial charge in [-0.3, -0.25) is 9.97 Å². The highest BCUT2D eigenvalue weighted by Crippen LogP contribution is 2.35. The summed E-state index contributed by atoms with van der Waals surface area (Å²) in [6, 6.07) is 6.93. The van der Waals surface area contributed by atoms with Crippen molar-refractivity contribution < 1.29 is 0 Å². The van der Waals surface area contributed by atoms with E-state index in [1.165, 1.54) is 31.2 Å². The predicted molar refractivity (Wildman–Crippen MR) is 77.9 cm³/mol. The van der Waals surface area contributed by atoms with Crippen LogP contribution in [-0.2, 0) is 0 Å². The van der Waals surface area contributed by atoms with E-state index in [0.717, 1.165) is 23.5 Å². The second-order valence-electron chi connectivity index (χ2n) is 5.45. The maximum atomic E-state index is 4.41. The second-order valence-corrected chi connectivity index (χ2v) is 5.45. The van der Waals surface area contributed by atoms with Crippen LogP contribution in [0.4, 0.5) is 0 Å². The lowest BCUT2D eigenvalue weighted by Crippen LogP contribution is -2.25. The summed E-state index contributed by atoms with van der Waals surface area (Å²) >= 11 is 0. The fraction of sp³-hybridized carbons (Fsp3) is 0.500. The summed E-state index contributed by atoms with van der Waals surface area (Å²) in [4.78, 5) is 8.74. The van der Waals surface area contributed by atoms with Crippen molar-refractivity contribution in [3.05, 3.63) is 36.2 Å². The van der Waals surface area contributed by atoms with E-state index in [1.54, 1.807) is 12.4 Å². The number of hydrogen-bond acceptors (Lipinski definition) is 3. The molecule has 1 unspecified atom stereocenters. The Hall–Kier alpha value is -1.48. The molecule has 0 bridgehead atoms. The fourth-order valence-corrected chi connectivity index (χ4v) is 2.84. The molecule has 0 aliphatic heterocycles. The molecule has 0 spiro atoms. The van der Waals surface area contributed by atoms with Crippen LogP contribution in [0.3, 0.4) is 0 Å². The van der Waals surface area contributed by atoms with Crippen molar-refractivity contribution in [1.82, 2.24) is 15.3 Å². The molecule has 19 heavy (non-hydrogen) atoms. The van der Waals surface area contributed by atoms with E-state index in [1.807, 2.05) is 0 Å². The van der Waals surface area contributed by atoms with Gasteiger partial charge in [-0.2, -0.15) is 0 Å². The van der Waals surface area contributed by atoms with Crippen LogP contribution in [0.25, 0.3) is 11.0 Å². The molecule has 1 aromatic carbocycles. The molecule has 1 aliphatic rings. The van der Waals surface area contributed by atoms with Gasteiger partial charge in [0.25, 0.3) is 0 Å². The standard InChI is InChI=1S/C16H21N3/c1-2-17-15(10-12-4-3-5-12)13-6-7-14-16(11-13)19-9-8-18-14/h6-9,11-12,15,17H,2-5,10H2,1H3. The molecule has 1 N–H and O–H groups in total. The molecular formula is C16H21N3. The van der Waals surface area contributed by atoms with E-state index in [4.69, 9.17) is 0 Å². The summed E-state index contributed by atoms with van der Waals surface area (Å²) in [6.45, 7) is 3.19. The molecule has 1 aliphatic carbocycles. The van der Waals surface area contributed by atoms with Gasteiger partial charge in [-0.15, -0.1) is 0 Å². The van der Waals surface area contributed by atoms with Gasteiger partial charge < -0.3 is 5.32 Å². The van der Waals surface area contributed by atoms with Crippen LogP contribution < -0.4 is 5.32 Å². The summed E-state index contributed by atoms with van der Waals surface area (Å²) in [7, 11) is 0. The van der Waals surface area contributed by atoms with Crippen LogP contribution in [0, 0.1) is 5.92 Å². The lowest BCUT2D eigenvalue weighted by molar-refractivity contribution is 0.262. The number of nitrogens with one attached hydrogen (secondary N) is 1. The molecule has 1 heterocycles. The molecule has 2 aromatic rings. The number of nitrogens with zero attached hydrogens (tertiary/aromatic N) is 2. The molecule has 3 nitrogen and oxygen atoms in total. The zero-order valence-electron chi connectivity index (χ0n) is 11.5. The monoisotopic (exact) mass is 255 g/mol. The molecule has 3 rings (SSSR count). The van der Waals surface area contributed by atoms with Crippen LogP contribution in [-0.4, -0.2) is 16.5 Å². The molecule has 1 fully saturated rings. The smallest absolute Gasteiger partial charge is 0.0890 e. The number of rotatable bonds is 5. The van der Waals surface area contributed by atoms with Crippen molar-refractivity contribution in [2.24, 2.45) is 5.92 Å². The van der Waals surface area contributed by atoms with E-state index in [-0.39, 0.29) is 0 Å². The van der Waals surface area contributed by atoms with E-state index >= 15 is 0 Å². The normalized spacial score (nSPS) is 17.3. The summed E-state index contributed by atoms with van der Waals surface area (Å²) in [6.07, 6.45) is 8.97. The summed E-state index contributed by atoms with van der Waals surface area (Å²) in [5.41, 5.74) is 3.32. The minimum absolute atomic E-state index is 0.460. The van der Waals surface area contributed by atoms with Gasteiger partial charge in [-0.05, 0) is 36.6 Å². The first-order valence-corrected chi connectivity index (χ1v) is 7.31. The summed E-state index contributed by atoms with van der Waals surface area (Å²) in [5, 5.41) is 3.61. The summed E-state index contributed by atoms with van der Waals surface area (Å²) < 4.78 is 0. The highest BCUT2D eigenvalue weighted by Gasteiger charge is 2.22. The van der Waals surface area contributed by atoms with Crippen LogP contribution in [0.5, 0.6) is 0 Å². The van der Waals surface area contributed by atoms with Crippen molar-refractivity contribution in [1.29, 1.82) is 0 Å². The van der Waals surface area contributed by atoms with Crippen LogP contribution in [0.2, 0.25) is 0 Å². The van der Waals surface area contributed by atoms with Crippen LogP contribution in [0.1, 0.15) is 44.2 Å². The molecule has 0 amide bonds. The second kappa shape index (κ2) is 5.66. The van der Waals surface area contributed by atoms with Crippen LogP contribution in [0.15, 0.2) is 30.6 Å². The first kappa shape index (κ1) is 12.5. The van der Waals surface area contributed by atoms with Crippen molar-refractivity contribution in [3.8, 4) is 0 Å².